The lowest BCUT2D eigenvalue weighted by atomic mass is 10.1. The molecule has 0 fully saturated rings. The van der Waals surface area contributed by atoms with Gasteiger partial charge in [0, 0.05) is 19.0 Å². The van der Waals surface area contributed by atoms with Crippen LogP contribution in [0.3, 0.4) is 0 Å². The van der Waals surface area contributed by atoms with Crippen molar-refractivity contribution in [3.05, 3.63) is 35.9 Å². The summed E-state index contributed by atoms with van der Waals surface area (Å²) in [4.78, 5) is 0. The minimum atomic E-state index is -4.05. The van der Waals surface area contributed by atoms with E-state index in [-0.39, 0.29) is 12.5 Å². The van der Waals surface area contributed by atoms with E-state index in [0.29, 0.717) is 6.54 Å². The zero-order valence-electron chi connectivity index (χ0n) is 9.22. The maximum Gasteiger partial charge on any atom is 0.389 e. The van der Waals surface area contributed by atoms with Crippen molar-refractivity contribution in [2.24, 2.45) is 0 Å². The molecule has 0 aliphatic heterocycles. The van der Waals surface area contributed by atoms with E-state index in [0.717, 1.165) is 5.56 Å². The molecular weight excluding hydrogens is 215 g/mol. The van der Waals surface area contributed by atoms with Crippen LogP contribution in [-0.4, -0.2) is 12.2 Å². The van der Waals surface area contributed by atoms with Crippen LogP contribution < -0.4 is 5.32 Å². The number of benzene rings is 1. The highest BCUT2D eigenvalue weighted by atomic mass is 19.4. The molecule has 4 heteroatoms. The first kappa shape index (κ1) is 13.0. The quantitative estimate of drug-likeness (QED) is 0.817. The molecule has 0 bridgehead atoms. The van der Waals surface area contributed by atoms with Gasteiger partial charge in [-0.05, 0) is 18.9 Å². The summed E-state index contributed by atoms with van der Waals surface area (Å²) in [5.74, 6) is 0. The lowest BCUT2D eigenvalue weighted by Gasteiger charge is -2.14. The van der Waals surface area contributed by atoms with Gasteiger partial charge >= 0.3 is 6.18 Å². The summed E-state index contributed by atoms with van der Waals surface area (Å²) >= 11 is 0. The lowest BCUT2D eigenvalue weighted by Crippen LogP contribution is -2.27. The molecule has 90 valence electrons. The average Bonchev–Trinajstić information content (AvgIpc) is 2.24. The second-order valence-electron chi connectivity index (χ2n) is 3.92. The smallest absolute Gasteiger partial charge is 0.310 e. The Bertz CT molecular complexity index is 295. The van der Waals surface area contributed by atoms with Crippen molar-refractivity contribution < 1.29 is 13.2 Å². The molecule has 0 aliphatic carbocycles. The Kier molecular flexibility index (Phi) is 4.80. The van der Waals surface area contributed by atoms with Gasteiger partial charge in [0.1, 0.15) is 0 Å². The molecule has 0 heterocycles. The number of hydrogen-bond acceptors (Lipinski definition) is 1. The number of rotatable bonds is 5. The Balaban J connectivity index is 2.23. The largest absolute Gasteiger partial charge is 0.389 e. The van der Waals surface area contributed by atoms with E-state index in [2.05, 4.69) is 5.32 Å². The van der Waals surface area contributed by atoms with Crippen LogP contribution in [0.4, 0.5) is 13.2 Å². The van der Waals surface area contributed by atoms with Crippen LogP contribution >= 0.6 is 0 Å². The third kappa shape index (κ3) is 5.75. The van der Waals surface area contributed by atoms with Crippen molar-refractivity contribution in [2.75, 3.05) is 0 Å². The molecule has 1 aromatic rings. The number of hydrogen-bond donors (Lipinski definition) is 1. The van der Waals surface area contributed by atoms with Gasteiger partial charge in [-0.25, -0.2) is 0 Å². The van der Waals surface area contributed by atoms with Gasteiger partial charge in [0.05, 0.1) is 0 Å². The molecule has 0 aliphatic rings. The summed E-state index contributed by atoms with van der Waals surface area (Å²) in [7, 11) is 0. The molecule has 0 saturated heterocycles. The first-order valence-electron chi connectivity index (χ1n) is 5.31. The zero-order valence-corrected chi connectivity index (χ0v) is 9.22. The van der Waals surface area contributed by atoms with E-state index in [1.807, 2.05) is 30.3 Å². The van der Waals surface area contributed by atoms with Crippen LogP contribution in [0.1, 0.15) is 25.3 Å². The first-order chi connectivity index (χ1) is 7.47. The summed E-state index contributed by atoms with van der Waals surface area (Å²) < 4.78 is 35.9. The van der Waals surface area contributed by atoms with Crippen molar-refractivity contribution in [1.82, 2.24) is 5.32 Å². The topological polar surface area (TPSA) is 12.0 Å². The SMILES string of the molecule is CC(CCC(F)(F)F)NCc1ccccc1. The number of halogens is 3. The highest BCUT2D eigenvalue weighted by molar-refractivity contribution is 5.14. The summed E-state index contributed by atoms with van der Waals surface area (Å²) in [6, 6.07) is 9.51. The molecule has 0 spiro atoms. The molecule has 1 aromatic carbocycles. The highest BCUT2D eigenvalue weighted by Gasteiger charge is 2.27. The van der Waals surface area contributed by atoms with Crippen LogP contribution in [-0.2, 0) is 6.54 Å². The first-order valence-corrected chi connectivity index (χ1v) is 5.31. The van der Waals surface area contributed by atoms with Gasteiger partial charge in [0.25, 0.3) is 0 Å². The fraction of sp³-hybridized carbons (Fsp3) is 0.500. The predicted molar refractivity (Wildman–Crippen MR) is 58.0 cm³/mol. The van der Waals surface area contributed by atoms with Crippen LogP contribution in [0.2, 0.25) is 0 Å². The Morgan fingerprint density at radius 2 is 1.81 bits per heavy atom. The summed E-state index contributed by atoms with van der Waals surface area (Å²) in [5.41, 5.74) is 1.08. The van der Waals surface area contributed by atoms with Gasteiger partial charge in [-0.15, -0.1) is 0 Å². The maximum atomic E-state index is 12.0. The van der Waals surface area contributed by atoms with E-state index in [4.69, 9.17) is 0 Å². The molecule has 1 N–H and O–H groups in total. The molecule has 16 heavy (non-hydrogen) atoms. The summed E-state index contributed by atoms with van der Waals surface area (Å²) in [5, 5.41) is 3.07. The predicted octanol–water partition coefficient (Wildman–Crippen LogP) is 3.51. The van der Waals surface area contributed by atoms with E-state index in [1.54, 1.807) is 6.92 Å². The van der Waals surface area contributed by atoms with Crippen molar-refractivity contribution in [3.63, 3.8) is 0 Å². The van der Waals surface area contributed by atoms with Crippen LogP contribution in [0, 0.1) is 0 Å². The highest BCUT2D eigenvalue weighted by Crippen LogP contribution is 2.22. The van der Waals surface area contributed by atoms with Crippen molar-refractivity contribution in [2.45, 2.75) is 38.5 Å². The molecule has 1 unspecified atom stereocenters. The van der Waals surface area contributed by atoms with E-state index in [1.165, 1.54) is 0 Å². The molecule has 0 amide bonds. The Morgan fingerprint density at radius 3 is 2.38 bits per heavy atom. The Morgan fingerprint density at radius 1 is 1.19 bits per heavy atom. The van der Waals surface area contributed by atoms with E-state index < -0.39 is 12.6 Å². The Hall–Kier alpha value is -1.03. The van der Waals surface area contributed by atoms with Crippen LogP contribution in [0.25, 0.3) is 0 Å². The molecule has 0 aromatic heterocycles. The van der Waals surface area contributed by atoms with E-state index >= 15 is 0 Å². The minimum Gasteiger partial charge on any atom is -0.310 e. The molecule has 0 saturated carbocycles. The maximum absolute atomic E-state index is 12.0. The number of alkyl halides is 3. The fourth-order valence-electron chi connectivity index (χ4n) is 1.37. The monoisotopic (exact) mass is 231 g/mol. The van der Waals surface area contributed by atoms with Crippen molar-refractivity contribution >= 4 is 0 Å². The van der Waals surface area contributed by atoms with Crippen molar-refractivity contribution in [3.8, 4) is 0 Å². The molecule has 1 rings (SSSR count). The van der Waals surface area contributed by atoms with Gasteiger partial charge in [-0.1, -0.05) is 30.3 Å². The number of nitrogens with one attached hydrogen (secondary N) is 1. The second kappa shape index (κ2) is 5.89. The molecule has 1 atom stereocenters. The third-order valence-corrected chi connectivity index (χ3v) is 2.36. The summed E-state index contributed by atoms with van der Waals surface area (Å²) in [6.45, 7) is 2.38. The standard InChI is InChI=1S/C12H16F3N/c1-10(7-8-12(13,14)15)16-9-11-5-3-2-4-6-11/h2-6,10,16H,7-9H2,1H3. The fourth-order valence-corrected chi connectivity index (χ4v) is 1.37. The zero-order chi connectivity index (χ0) is 12.0. The van der Waals surface area contributed by atoms with Gasteiger partial charge in [-0.2, -0.15) is 13.2 Å². The lowest BCUT2D eigenvalue weighted by molar-refractivity contribution is -0.136. The second-order valence-corrected chi connectivity index (χ2v) is 3.92. The van der Waals surface area contributed by atoms with Gasteiger partial charge < -0.3 is 5.32 Å². The van der Waals surface area contributed by atoms with E-state index in [9.17, 15) is 13.2 Å². The van der Waals surface area contributed by atoms with Gasteiger partial charge in [-0.3, -0.25) is 0 Å². The third-order valence-electron chi connectivity index (χ3n) is 2.36. The van der Waals surface area contributed by atoms with Gasteiger partial charge in [0.15, 0.2) is 0 Å². The Labute approximate surface area is 93.7 Å². The summed E-state index contributed by atoms with van der Waals surface area (Å²) in [6.07, 6.45) is -4.66. The molecule has 1 nitrogen and oxygen atoms in total. The normalized spacial score (nSPS) is 13.8. The van der Waals surface area contributed by atoms with Crippen LogP contribution in [0.15, 0.2) is 30.3 Å². The minimum absolute atomic E-state index is 0.121. The van der Waals surface area contributed by atoms with Crippen molar-refractivity contribution in [1.29, 1.82) is 0 Å². The van der Waals surface area contributed by atoms with Gasteiger partial charge in [0.2, 0.25) is 0 Å². The average molecular weight is 231 g/mol. The molecular formula is C12H16F3N. The molecule has 0 radical (unpaired) electrons. The van der Waals surface area contributed by atoms with Crippen LogP contribution in [0.5, 0.6) is 0 Å².